The summed E-state index contributed by atoms with van der Waals surface area (Å²) < 4.78 is 72.4. The highest BCUT2D eigenvalue weighted by Crippen LogP contribution is 2.39. The van der Waals surface area contributed by atoms with Gasteiger partial charge in [0, 0.05) is 31.1 Å². The summed E-state index contributed by atoms with van der Waals surface area (Å²) in [5.41, 5.74) is -0.933. The molecule has 0 aliphatic carbocycles. The van der Waals surface area contributed by atoms with Crippen LogP contribution in [0.25, 0.3) is 16.6 Å². The number of aryl methyl sites for hydroxylation is 1. The van der Waals surface area contributed by atoms with Crippen molar-refractivity contribution in [2.24, 2.45) is 7.05 Å². The van der Waals surface area contributed by atoms with Gasteiger partial charge in [-0.1, -0.05) is 11.6 Å². The zero-order valence-corrected chi connectivity index (χ0v) is 18.8. The zero-order valence-electron chi connectivity index (χ0n) is 17.2. The standard InChI is InChI=1S/C22H16ClF3N2O4S/c1-27-9-7-13-8-10-28(20(13)21(27)29)17-12-15(33(2,30)31)4-6-18(17)32-19-11-14(22(24,25)26)3-5-16(19)23/h3-12H,1-2H3. The largest absolute Gasteiger partial charge is 0.454 e. The number of ether oxygens (including phenoxy) is 1. The van der Waals surface area contributed by atoms with Gasteiger partial charge in [0.05, 0.1) is 21.2 Å². The minimum absolute atomic E-state index is 0.00651. The van der Waals surface area contributed by atoms with Gasteiger partial charge in [0.25, 0.3) is 5.56 Å². The molecule has 11 heteroatoms. The van der Waals surface area contributed by atoms with E-state index < -0.39 is 21.6 Å². The maximum atomic E-state index is 13.2. The lowest BCUT2D eigenvalue weighted by Crippen LogP contribution is -2.18. The fraction of sp³-hybridized carbons (Fsp3) is 0.136. The Morgan fingerprint density at radius 2 is 1.67 bits per heavy atom. The van der Waals surface area contributed by atoms with Crippen molar-refractivity contribution in [3.8, 4) is 17.2 Å². The van der Waals surface area contributed by atoms with E-state index in [0.717, 1.165) is 24.5 Å². The van der Waals surface area contributed by atoms with E-state index in [0.29, 0.717) is 5.39 Å². The monoisotopic (exact) mass is 496 g/mol. The van der Waals surface area contributed by atoms with E-state index in [1.165, 1.54) is 27.3 Å². The fourth-order valence-corrected chi connectivity index (χ4v) is 4.11. The number of pyridine rings is 1. The summed E-state index contributed by atoms with van der Waals surface area (Å²) in [5, 5.41) is 0.514. The molecule has 2 heterocycles. The van der Waals surface area contributed by atoms with Crippen LogP contribution in [0.2, 0.25) is 5.02 Å². The van der Waals surface area contributed by atoms with E-state index in [9.17, 15) is 26.4 Å². The first-order chi connectivity index (χ1) is 15.4. The van der Waals surface area contributed by atoms with Gasteiger partial charge in [-0.05, 0) is 48.5 Å². The molecule has 0 unspecified atom stereocenters. The Labute approximate surface area is 191 Å². The Balaban J connectivity index is 1.96. The molecule has 0 spiro atoms. The number of hydrogen-bond acceptors (Lipinski definition) is 4. The molecule has 0 saturated heterocycles. The highest BCUT2D eigenvalue weighted by molar-refractivity contribution is 7.90. The first kappa shape index (κ1) is 22.9. The number of alkyl halides is 3. The van der Waals surface area contributed by atoms with Crippen molar-refractivity contribution >= 4 is 32.3 Å². The summed E-state index contributed by atoms with van der Waals surface area (Å²) in [5.74, 6) is -0.267. The minimum Gasteiger partial charge on any atom is -0.454 e. The van der Waals surface area contributed by atoms with Crippen LogP contribution in [-0.4, -0.2) is 23.8 Å². The van der Waals surface area contributed by atoms with E-state index in [1.54, 1.807) is 31.6 Å². The highest BCUT2D eigenvalue weighted by Gasteiger charge is 2.31. The second-order valence-corrected chi connectivity index (χ2v) is 9.79. The zero-order chi connectivity index (χ0) is 24.1. The molecule has 0 atom stereocenters. The molecular formula is C22H16ClF3N2O4S. The Kier molecular flexibility index (Phi) is 5.53. The molecule has 0 bridgehead atoms. The molecule has 2 aromatic carbocycles. The van der Waals surface area contributed by atoms with Crippen molar-refractivity contribution in [2.75, 3.05) is 6.26 Å². The van der Waals surface area contributed by atoms with Gasteiger partial charge in [-0.3, -0.25) is 4.79 Å². The number of aromatic nitrogens is 2. The van der Waals surface area contributed by atoms with Crippen molar-refractivity contribution in [1.82, 2.24) is 9.13 Å². The lowest BCUT2D eigenvalue weighted by molar-refractivity contribution is -0.137. The van der Waals surface area contributed by atoms with Gasteiger partial charge in [-0.15, -0.1) is 0 Å². The normalized spacial score (nSPS) is 12.3. The molecule has 0 radical (unpaired) electrons. The van der Waals surface area contributed by atoms with Gasteiger partial charge in [0.15, 0.2) is 15.6 Å². The maximum absolute atomic E-state index is 13.2. The summed E-state index contributed by atoms with van der Waals surface area (Å²) in [6.07, 6.45) is -0.465. The molecule has 0 amide bonds. The quantitative estimate of drug-likeness (QED) is 0.389. The number of nitrogens with zero attached hydrogens (tertiary/aromatic N) is 2. The molecule has 4 rings (SSSR count). The van der Waals surface area contributed by atoms with Crippen LogP contribution in [0.1, 0.15) is 5.56 Å². The molecule has 33 heavy (non-hydrogen) atoms. The van der Waals surface area contributed by atoms with Crippen LogP contribution in [-0.2, 0) is 23.1 Å². The number of rotatable bonds is 4. The topological polar surface area (TPSA) is 70.3 Å². The van der Waals surface area contributed by atoms with Crippen LogP contribution in [0.5, 0.6) is 11.5 Å². The minimum atomic E-state index is -4.62. The van der Waals surface area contributed by atoms with Crippen molar-refractivity contribution in [1.29, 1.82) is 0 Å². The molecule has 0 fully saturated rings. The fourth-order valence-electron chi connectivity index (χ4n) is 3.31. The molecule has 0 N–H and O–H groups in total. The van der Waals surface area contributed by atoms with E-state index in [-0.39, 0.29) is 38.2 Å². The van der Waals surface area contributed by atoms with Gasteiger partial charge < -0.3 is 13.9 Å². The van der Waals surface area contributed by atoms with E-state index in [2.05, 4.69) is 0 Å². The van der Waals surface area contributed by atoms with Crippen LogP contribution >= 0.6 is 11.6 Å². The molecule has 0 aliphatic heterocycles. The summed E-state index contributed by atoms with van der Waals surface area (Å²) >= 11 is 6.07. The van der Waals surface area contributed by atoms with Gasteiger partial charge in [-0.2, -0.15) is 13.2 Å². The Hall–Kier alpha value is -3.24. The highest BCUT2D eigenvalue weighted by atomic mass is 35.5. The average Bonchev–Trinajstić information content (AvgIpc) is 3.15. The maximum Gasteiger partial charge on any atom is 0.416 e. The second-order valence-electron chi connectivity index (χ2n) is 7.37. The molecular weight excluding hydrogens is 481 g/mol. The molecule has 2 aromatic heterocycles. The second kappa shape index (κ2) is 7.96. The number of fused-ring (bicyclic) bond motifs is 1. The van der Waals surface area contributed by atoms with Crippen molar-refractivity contribution in [3.63, 3.8) is 0 Å². The lowest BCUT2D eigenvalue weighted by atomic mass is 10.2. The molecule has 4 aromatic rings. The SMILES string of the molecule is Cn1ccc2ccn(-c3cc(S(C)(=O)=O)ccc3Oc3cc(C(F)(F)F)ccc3Cl)c2c1=O. The van der Waals surface area contributed by atoms with E-state index in [4.69, 9.17) is 16.3 Å². The molecule has 6 nitrogen and oxygen atoms in total. The van der Waals surface area contributed by atoms with E-state index >= 15 is 0 Å². The summed E-state index contributed by atoms with van der Waals surface area (Å²) in [7, 11) is -2.08. The summed E-state index contributed by atoms with van der Waals surface area (Å²) in [4.78, 5) is 12.7. The lowest BCUT2D eigenvalue weighted by Gasteiger charge is -2.16. The molecule has 0 saturated carbocycles. The average molecular weight is 497 g/mol. The van der Waals surface area contributed by atoms with Crippen LogP contribution in [0, 0.1) is 0 Å². The number of sulfone groups is 1. The van der Waals surface area contributed by atoms with Gasteiger partial charge in [0.2, 0.25) is 0 Å². The third kappa shape index (κ3) is 4.36. The van der Waals surface area contributed by atoms with Gasteiger partial charge in [0.1, 0.15) is 11.3 Å². The summed E-state index contributed by atoms with van der Waals surface area (Å²) in [6.45, 7) is 0. The van der Waals surface area contributed by atoms with Crippen molar-refractivity contribution < 1.29 is 26.3 Å². The third-order valence-corrected chi connectivity index (χ3v) is 6.44. The first-order valence-corrected chi connectivity index (χ1v) is 11.7. The van der Waals surface area contributed by atoms with Crippen molar-refractivity contribution in [3.05, 3.63) is 81.9 Å². The van der Waals surface area contributed by atoms with Gasteiger partial charge >= 0.3 is 6.18 Å². The predicted octanol–water partition coefficient (Wildman–Crippen LogP) is 5.20. The smallest absolute Gasteiger partial charge is 0.416 e. The molecule has 0 aliphatic rings. The third-order valence-electron chi connectivity index (χ3n) is 5.01. The number of halogens is 4. The van der Waals surface area contributed by atoms with E-state index in [1.807, 2.05) is 0 Å². The Morgan fingerprint density at radius 1 is 0.970 bits per heavy atom. The van der Waals surface area contributed by atoms with Gasteiger partial charge in [-0.25, -0.2) is 8.42 Å². The first-order valence-electron chi connectivity index (χ1n) is 9.42. The van der Waals surface area contributed by atoms with Crippen LogP contribution in [0.15, 0.2) is 70.6 Å². The Bertz CT molecular complexity index is 1560. The Morgan fingerprint density at radius 3 is 2.33 bits per heavy atom. The number of hydrogen-bond donors (Lipinski definition) is 0. The van der Waals surface area contributed by atoms with Crippen LogP contribution < -0.4 is 10.3 Å². The molecule has 172 valence electrons. The van der Waals surface area contributed by atoms with Crippen LogP contribution in [0.4, 0.5) is 13.2 Å². The summed E-state index contributed by atoms with van der Waals surface area (Å²) in [6, 6.07) is 9.86. The number of benzene rings is 2. The predicted molar refractivity (Wildman–Crippen MR) is 118 cm³/mol. The van der Waals surface area contributed by atoms with Crippen molar-refractivity contribution in [2.45, 2.75) is 11.1 Å². The van der Waals surface area contributed by atoms with Crippen LogP contribution in [0.3, 0.4) is 0 Å².